The van der Waals surface area contributed by atoms with Crippen molar-refractivity contribution in [1.82, 2.24) is 10.6 Å². The summed E-state index contributed by atoms with van der Waals surface area (Å²) in [6.07, 6.45) is 4.06. The Morgan fingerprint density at radius 2 is 1.50 bits per heavy atom. The SMILES string of the molecule is O=C(NC1CC(C(=O)NC2(C(=O)O)CCCCC2)C1)OCC1c2ccccc2-c2ccccc21. The van der Waals surface area contributed by atoms with Gasteiger partial charge in [0.25, 0.3) is 0 Å². The number of ether oxygens (including phenoxy) is 1. The standard InChI is InChI=1S/C27H30N2O5/c30-24(29-27(25(31)32)12-6-1-7-13-27)17-14-18(15-17)28-26(33)34-16-23-21-10-4-2-8-19(21)20-9-3-5-11-22(20)23/h2-5,8-11,17-18,23H,1,6-7,12-16H2,(H,28,33)(H,29,30)(H,31,32). The summed E-state index contributed by atoms with van der Waals surface area (Å²) < 4.78 is 5.58. The lowest BCUT2D eigenvalue weighted by atomic mass is 9.77. The van der Waals surface area contributed by atoms with E-state index < -0.39 is 17.6 Å². The predicted molar refractivity (Wildman–Crippen MR) is 126 cm³/mol. The molecule has 0 aromatic heterocycles. The third-order valence-corrected chi connectivity index (χ3v) is 7.65. The number of fused-ring (bicyclic) bond motifs is 3. The lowest BCUT2D eigenvalue weighted by molar-refractivity contribution is -0.150. The number of carboxylic acid groups (broad SMARTS) is 1. The van der Waals surface area contributed by atoms with Crippen LogP contribution in [0.3, 0.4) is 0 Å². The highest BCUT2D eigenvalue weighted by molar-refractivity contribution is 5.88. The Bertz CT molecular complexity index is 1060. The molecule has 0 atom stereocenters. The van der Waals surface area contributed by atoms with E-state index in [2.05, 4.69) is 34.9 Å². The van der Waals surface area contributed by atoms with E-state index in [4.69, 9.17) is 4.74 Å². The van der Waals surface area contributed by atoms with Crippen LogP contribution < -0.4 is 10.6 Å². The van der Waals surface area contributed by atoms with Crippen molar-refractivity contribution in [2.45, 2.75) is 62.4 Å². The summed E-state index contributed by atoms with van der Waals surface area (Å²) in [6.45, 7) is 0.248. The Labute approximate surface area is 198 Å². The second kappa shape index (κ2) is 9.12. The van der Waals surface area contributed by atoms with Crippen molar-refractivity contribution in [3.8, 4) is 11.1 Å². The zero-order valence-electron chi connectivity index (χ0n) is 19.1. The molecule has 2 saturated carbocycles. The maximum atomic E-state index is 12.6. The summed E-state index contributed by atoms with van der Waals surface area (Å²) in [5, 5.41) is 15.3. The molecule has 178 valence electrons. The van der Waals surface area contributed by atoms with Crippen molar-refractivity contribution in [2.75, 3.05) is 6.61 Å². The van der Waals surface area contributed by atoms with Crippen LogP contribution in [0.25, 0.3) is 11.1 Å². The molecule has 0 heterocycles. The van der Waals surface area contributed by atoms with E-state index in [0.717, 1.165) is 30.4 Å². The van der Waals surface area contributed by atoms with Crippen LogP contribution in [-0.2, 0) is 14.3 Å². The van der Waals surface area contributed by atoms with E-state index in [-0.39, 0.29) is 30.4 Å². The number of alkyl carbamates (subject to hydrolysis) is 1. The number of hydrogen-bond acceptors (Lipinski definition) is 4. The number of carbonyl (C=O) groups is 3. The molecule has 2 fully saturated rings. The molecule has 0 radical (unpaired) electrons. The summed E-state index contributed by atoms with van der Waals surface area (Å²) in [7, 11) is 0. The fourth-order valence-corrected chi connectivity index (χ4v) is 5.64. The van der Waals surface area contributed by atoms with Crippen LogP contribution in [0.1, 0.15) is 62.0 Å². The summed E-state index contributed by atoms with van der Waals surface area (Å²) in [5.74, 6) is -1.46. The van der Waals surface area contributed by atoms with Gasteiger partial charge in [0.05, 0.1) is 0 Å². The number of rotatable bonds is 6. The van der Waals surface area contributed by atoms with Crippen molar-refractivity contribution in [3.63, 3.8) is 0 Å². The van der Waals surface area contributed by atoms with Crippen LogP contribution in [0.2, 0.25) is 0 Å². The smallest absolute Gasteiger partial charge is 0.407 e. The topological polar surface area (TPSA) is 105 Å². The molecule has 5 rings (SSSR count). The molecule has 2 amide bonds. The third-order valence-electron chi connectivity index (χ3n) is 7.65. The molecule has 0 aliphatic heterocycles. The van der Waals surface area contributed by atoms with Crippen molar-refractivity contribution in [1.29, 1.82) is 0 Å². The highest BCUT2D eigenvalue weighted by atomic mass is 16.5. The van der Waals surface area contributed by atoms with E-state index in [1.807, 2.05) is 24.3 Å². The maximum absolute atomic E-state index is 12.6. The van der Waals surface area contributed by atoms with E-state index in [9.17, 15) is 19.5 Å². The Kier molecular flexibility index (Phi) is 6.02. The van der Waals surface area contributed by atoms with Gasteiger partial charge in [0.1, 0.15) is 12.1 Å². The summed E-state index contributed by atoms with van der Waals surface area (Å²) >= 11 is 0. The van der Waals surface area contributed by atoms with Gasteiger partial charge in [0.2, 0.25) is 5.91 Å². The maximum Gasteiger partial charge on any atom is 0.407 e. The molecule has 3 N–H and O–H groups in total. The van der Waals surface area contributed by atoms with Crippen molar-refractivity contribution in [3.05, 3.63) is 59.7 Å². The Balaban J connectivity index is 1.11. The molecule has 34 heavy (non-hydrogen) atoms. The highest BCUT2D eigenvalue weighted by Crippen LogP contribution is 2.44. The van der Waals surface area contributed by atoms with Crippen LogP contribution in [0, 0.1) is 5.92 Å². The van der Waals surface area contributed by atoms with Crippen molar-refractivity contribution >= 4 is 18.0 Å². The fraction of sp³-hybridized carbons (Fsp3) is 0.444. The molecule has 0 saturated heterocycles. The minimum absolute atomic E-state index is 0.000711. The number of amides is 2. The Morgan fingerprint density at radius 3 is 2.09 bits per heavy atom. The van der Waals surface area contributed by atoms with E-state index in [1.54, 1.807) is 0 Å². The van der Waals surface area contributed by atoms with Gasteiger partial charge in [-0.25, -0.2) is 9.59 Å². The Hall–Kier alpha value is -3.35. The number of nitrogens with one attached hydrogen (secondary N) is 2. The molecule has 0 spiro atoms. The summed E-state index contributed by atoms with van der Waals surface area (Å²) in [4.78, 5) is 36.9. The zero-order valence-corrected chi connectivity index (χ0v) is 19.1. The molecular weight excluding hydrogens is 432 g/mol. The molecule has 7 heteroatoms. The van der Waals surface area contributed by atoms with E-state index in [1.165, 1.54) is 11.1 Å². The Morgan fingerprint density at radius 1 is 0.912 bits per heavy atom. The first kappa shape index (κ1) is 22.4. The molecule has 3 aliphatic carbocycles. The van der Waals surface area contributed by atoms with Gasteiger partial charge in [0, 0.05) is 17.9 Å². The first-order valence-corrected chi connectivity index (χ1v) is 12.1. The van der Waals surface area contributed by atoms with Gasteiger partial charge >= 0.3 is 12.1 Å². The minimum atomic E-state index is -1.14. The lowest BCUT2D eigenvalue weighted by Gasteiger charge is -2.39. The van der Waals surface area contributed by atoms with Crippen LogP contribution in [-0.4, -0.2) is 41.3 Å². The predicted octanol–water partition coefficient (Wildman–Crippen LogP) is 4.21. The average molecular weight is 463 g/mol. The van der Waals surface area contributed by atoms with E-state index in [0.29, 0.717) is 25.7 Å². The number of benzene rings is 2. The monoisotopic (exact) mass is 462 g/mol. The lowest BCUT2D eigenvalue weighted by Crippen LogP contribution is -2.59. The number of hydrogen-bond donors (Lipinski definition) is 3. The van der Waals surface area contributed by atoms with Gasteiger partial charge in [0.15, 0.2) is 0 Å². The van der Waals surface area contributed by atoms with Crippen molar-refractivity contribution < 1.29 is 24.2 Å². The molecule has 2 aromatic rings. The van der Waals surface area contributed by atoms with Gasteiger partial charge < -0.3 is 20.5 Å². The second-order valence-electron chi connectivity index (χ2n) is 9.77. The molecular formula is C27H30N2O5. The quantitative estimate of drug-likeness (QED) is 0.597. The number of carboxylic acids is 1. The average Bonchev–Trinajstić information content (AvgIpc) is 3.14. The van der Waals surface area contributed by atoms with Gasteiger partial charge in [-0.2, -0.15) is 0 Å². The normalized spacial score (nSPS) is 22.6. The second-order valence-corrected chi connectivity index (χ2v) is 9.77. The van der Waals surface area contributed by atoms with Crippen molar-refractivity contribution in [2.24, 2.45) is 5.92 Å². The first-order valence-electron chi connectivity index (χ1n) is 12.1. The summed E-state index contributed by atoms with van der Waals surface area (Å²) in [6, 6.07) is 16.2. The minimum Gasteiger partial charge on any atom is -0.480 e. The van der Waals surface area contributed by atoms with Gasteiger partial charge in [-0.1, -0.05) is 67.8 Å². The van der Waals surface area contributed by atoms with Crippen LogP contribution in [0.5, 0.6) is 0 Å². The molecule has 0 bridgehead atoms. The molecule has 7 nitrogen and oxygen atoms in total. The highest BCUT2D eigenvalue weighted by Gasteiger charge is 2.44. The molecule has 0 unspecified atom stereocenters. The largest absolute Gasteiger partial charge is 0.480 e. The zero-order chi connectivity index (χ0) is 23.7. The van der Waals surface area contributed by atoms with E-state index >= 15 is 0 Å². The third kappa shape index (κ3) is 4.15. The van der Waals surface area contributed by atoms with Gasteiger partial charge in [-0.3, -0.25) is 4.79 Å². The number of carbonyl (C=O) groups excluding carboxylic acids is 2. The van der Waals surface area contributed by atoms with Gasteiger partial charge in [-0.05, 0) is 47.9 Å². The van der Waals surface area contributed by atoms with Gasteiger partial charge in [-0.15, -0.1) is 0 Å². The molecule has 2 aromatic carbocycles. The number of aliphatic carboxylic acids is 1. The van der Waals surface area contributed by atoms with Crippen LogP contribution in [0.4, 0.5) is 4.79 Å². The fourth-order valence-electron chi connectivity index (χ4n) is 5.64. The molecule has 3 aliphatic rings. The van der Waals surface area contributed by atoms with Crippen LogP contribution >= 0.6 is 0 Å². The summed E-state index contributed by atoms with van der Waals surface area (Å²) in [5.41, 5.74) is 3.54. The van der Waals surface area contributed by atoms with Crippen LogP contribution in [0.15, 0.2) is 48.5 Å². The first-order chi connectivity index (χ1) is 16.5.